The van der Waals surface area contributed by atoms with Gasteiger partial charge in [-0.25, -0.2) is 13.6 Å². The molecule has 0 aliphatic carbocycles. The third kappa shape index (κ3) is 4.19. The number of carbonyl (C=O) groups excluding carboxylic acids is 1. The Morgan fingerprint density at radius 2 is 2.21 bits per heavy atom. The fourth-order valence-electron chi connectivity index (χ4n) is 1.69. The average Bonchev–Trinajstić information content (AvgIpc) is 2.33. The minimum absolute atomic E-state index is 0.0267. The largest absolute Gasteiger partial charge is 0.482 e. The minimum Gasteiger partial charge on any atom is -0.482 e. The second-order valence-electron chi connectivity index (χ2n) is 4.21. The van der Waals surface area contributed by atoms with Crippen LogP contribution in [0.5, 0.6) is 5.75 Å². The van der Waals surface area contributed by atoms with E-state index < -0.39 is 10.0 Å². The van der Waals surface area contributed by atoms with E-state index in [2.05, 4.69) is 10.6 Å². The number of fused-ring (bicyclic) bond motifs is 1. The predicted octanol–water partition coefficient (Wildman–Crippen LogP) is -0.604. The Morgan fingerprint density at radius 1 is 1.42 bits per heavy atom. The van der Waals surface area contributed by atoms with Gasteiger partial charge in [-0.1, -0.05) is 6.07 Å². The molecule has 1 heterocycles. The molecule has 8 heteroatoms. The third-order valence-electron chi connectivity index (χ3n) is 2.57. The van der Waals surface area contributed by atoms with Gasteiger partial charge in [0.2, 0.25) is 10.0 Å². The van der Waals surface area contributed by atoms with Crippen LogP contribution in [0.4, 0.5) is 5.69 Å². The summed E-state index contributed by atoms with van der Waals surface area (Å²) in [5.74, 6) is 0.331. The molecule has 1 aliphatic heterocycles. The molecule has 4 N–H and O–H groups in total. The van der Waals surface area contributed by atoms with Crippen LogP contribution in [-0.4, -0.2) is 33.2 Å². The number of ether oxygens (including phenoxy) is 1. The van der Waals surface area contributed by atoms with Gasteiger partial charge in [0.05, 0.1) is 11.4 Å². The summed E-state index contributed by atoms with van der Waals surface area (Å²) in [6.45, 7) is 0.788. The van der Waals surface area contributed by atoms with E-state index in [1.54, 1.807) is 12.1 Å². The second kappa shape index (κ2) is 5.55. The zero-order valence-electron chi connectivity index (χ0n) is 10.2. The van der Waals surface area contributed by atoms with E-state index in [1.165, 1.54) is 0 Å². The van der Waals surface area contributed by atoms with Gasteiger partial charge >= 0.3 is 0 Å². The normalized spacial score (nSPS) is 14.5. The summed E-state index contributed by atoms with van der Waals surface area (Å²) in [5.41, 5.74) is 1.54. The molecule has 0 bridgehead atoms. The van der Waals surface area contributed by atoms with Gasteiger partial charge in [0, 0.05) is 13.1 Å². The summed E-state index contributed by atoms with van der Waals surface area (Å²) < 4.78 is 26.7. The van der Waals surface area contributed by atoms with Gasteiger partial charge in [-0.3, -0.25) is 4.79 Å². The number of sulfonamides is 1. The number of nitrogens with one attached hydrogen (secondary N) is 2. The maximum absolute atomic E-state index is 11.2. The molecular formula is C11H15N3O4S. The van der Waals surface area contributed by atoms with Crippen LogP contribution in [0.3, 0.4) is 0 Å². The zero-order chi connectivity index (χ0) is 13.9. The summed E-state index contributed by atoms with van der Waals surface area (Å²) in [7, 11) is -3.44. The first-order valence-electron chi connectivity index (χ1n) is 5.71. The number of anilines is 1. The molecular weight excluding hydrogens is 270 g/mol. The van der Waals surface area contributed by atoms with Crippen molar-refractivity contribution in [1.82, 2.24) is 5.32 Å². The van der Waals surface area contributed by atoms with Crippen molar-refractivity contribution < 1.29 is 17.9 Å². The summed E-state index contributed by atoms with van der Waals surface area (Å²) in [6, 6.07) is 5.40. The Morgan fingerprint density at radius 3 is 2.95 bits per heavy atom. The number of amides is 1. The lowest BCUT2D eigenvalue weighted by atomic mass is 10.1. The number of rotatable bonds is 5. The topological polar surface area (TPSA) is 111 Å². The lowest BCUT2D eigenvalue weighted by Crippen LogP contribution is -2.27. The van der Waals surface area contributed by atoms with Gasteiger partial charge in [0.15, 0.2) is 6.61 Å². The summed E-state index contributed by atoms with van der Waals surface area (Å²) in [4.78, 5) is 11.2. The van der Waals surface area contributed by atoms with Crippen molar-refractivity contribution in [3.8, 4) is 5.75 Å². The van der Waals surface area contributed by atoms with Gasteiger partial charge < -0.3 is 15.4 Å². The van der Waals surface area contributed by atoms with Crippen LogP contribution in [0.25, 0.3) is 0 Å². The maximum Gasteiger partial charge on any atom is 0.262 e. The molecule has 2 rings (SSSR count). The van der Waals surface area contributed by atoms with Crippen molar-refractivity contribution in [1.29, 1.82) is 0 Å². The third-order valence-corrected chi connectivity index (χ3v) is 3.34. The lowest BCUT2D eigenvalue weighted by molar-refractivity contribution is -0.118. The second-order valence-corrected chi connectivity index (χ2v) is 5.95. The average molecular weight is 285 g/mol. The number of primary sulfonamides is 1. The van der Waals surface area contributed by atoms with E-state index in [0.717, 1.165) is 5.56 Å². The van der Waals surface area contributed by atoms with Crippen LogP contribution >= 0.6 is 0 Å². The van der Waals surface area contributed by atoms with E-state index in [9.17, 15) is 13.2 Å². The number of hydrogen-bond acceptors (Lipinski definition) is 5. The van der Waals surface area contributed by atoms with E-state index in [0.29, 0.717) is 18.0 Å². The van der Waals surface area contributed by atoms with Crippen LogP contribution in [0, 0.1) is 0 Å². The minimum atomic E-state index is -3.44. The molecule has 1 aromatic rings. The Balaban J connectivity index is 1.91. The van der Waals surface area contributed by atoms with Crippen molar-refractivity contribution in [2.45, 2.75) is 6.54 Å². The summed E-state index contributed by atoms with van der Waals surface area (Å²) in [5, 5.41) is 10.6. The molecule has 104 valence electrons. The highest BCUT2D eigenvalue weighted by molar-refractivity contribution is 7.89. The number of benzene rings is 1. The lowest BCUT2D eigenvalue weighted by Gasteiger charge is -2.18. The van der Waals surface area contributed by atoms with Gasteiger partial charge in [0.1, 0.15) is 5.75 Å². The predicted molar refractivity (Wildman–Crippen MR) is 70.2 cm³/mol. The molecule has 1 amide bonds. The van der Waals surface area contributed by atoms with Crippen molar-refractivity contribution in [3.63, 3.8) is 0 Å². The first-order chi connectivity index (χ1) is 8.94. The quantitative estimate of drug-likeness (QED) is 0.625. The van der Waals surface area contributed by atoms with Gasteiger partial charge in [-0.15, -0.1) is 0 Å². The van der Waals surface area contributed by atoms with Crippen molar-refractivity contribution in [2.75, 3.05) is 24.2 Å². The highest BCUT2D eigenvalue weighted by Crippen LogP contribution is 2.28. The molecule has 7 nitrogen and oxygen atoms in total. The standard InChI is InChI=1S/C11H15N3O4S/c12-19(16,17)4-3-13-6-8-1-2-10-9(5-8)14-11(15)7-18-10/h1-2,5,13H,3-4,6-7H2,(H,14,15)(H2,12,16,17). The molecule has 1 aromatic carbocycles. The Labute approximate surface area is 111 Å². The highest BCUT2D eigenvalue weighted by atomic mass is 32.2. The summed E-state index contributed by atoms with van der Waals surface area (Å²) in [6.07, 6.45) is 0. The van der Waals surface area contributed by atoms with E-state index in [4.69, 9.17) is 9.88 Å². The summed E-state index contributed by atoms with van der Waals surface area (Å²) >= 11 is 0. The molecule has 0 atom stereocenters. The Bertz CT molecular complexity index is 586. The van der Waals surface area contributed by atoms with Crippen molar-refractivity contribution in [2.24, 2.45) is 5.14 Å². The van der Waals surface area contributed by atoms with E-state index in [1.807, 2.05) is 6.07 Å². The van der Waals surface area contributed by atoms with Crippen LogP contribution in [0.15, 0.2) is 18.2 Å². The molecule has 0 aromatic heterocycles. The monoisotopic (exact) mass is 285 g/mol. The van der Waals surface area contributed by atoms with E-state index >= 15 is 0 Å². The first-order valence-corrected chi connectivity index (χ1v) is 7.42. The van der Waals surface area contributed by atoms with E-state index in [-0.39, 0.29) is 24.8 Å². The number of hydrogen-bond donors (Lipinski definition) is 3. The maximum atomic E-state index is 11.2. The highest BCUT2D eigenvalue weighted by Gasteiger charge is 2.15. The van der Waals surface area contributed by atoms with Crippen molar-refractivity contribution >= 4 is 21.6 Å². The van der Waals surface area contributed by atoms with Gasteiger partial charge in [-0.2, -0.15) is 0 Å². The fourth-order valence-corrected chi connectivity index (χ4v) is 2.12. The van der Waals surface area contributed by atoms with Crippen molar-refractivity contribution in [3.05, 3.63) is 23.8 Å². The molecule has 0 fully saturated rings. The number of carbonyl (C=O) groups is 1. The van der Waals surface area contributed by atoms with Crippen LogP contribution < -0.4 is 20.5 Å². The van der Waals surface area contributed by atoms with Gasteiger partial charge in [-0.05, 0) is 17.7 Å². The molecule has 0 unspecified atom stereocenters. The van der Waals surface area contributed by atoms with Gasteiger partial charge in [0.25, 0.3) is 5.91 Å². The molecule has 0 radical (unpaired) electrons. The first kappa shape index (κ1) is 13.8. The molecule has 1 aliphatic rings. The van der Waals surface area contributed by atoms with Crippen LogP contribution in [-0.2, 0) is 21.4 Å². The smallest absolute Gasteiger partial charge is 0.262 e. The molecule has 0 saturated heterocycles. The van der Waals surface area contributed by atoms with Crippen LogP contribution in [0.1, 0.15) is 5.56 Å². The zero-order valence-corrected chi connectivity index (χ0v) is 11.0. The SMILES string of the molecule is NS(=O)(=O)CCNCc1ccc2c(c1)NC(=O)CO2. The molecule has 0 saturated carbocycles. The number of nitrogens with two attached hydrogens (primary N) is 1. The molecule has 19 heavy (non-hydrogen) atoms. The molecule has 0 spiro atoms. The van der Waals surface area contributed by atoms with Crippen LogP contribution in [0.2, 0.25) is 0 Å². The fraction of sp³-hybridized carbons (Fsp3) is 0.364. The Hall–Kier alpha value is -1.64. The Kier molecular flexibility index (Phi) is 4.03.